The molecule has 0 aliphatic rings. The van der Waals surface area contributed by atoms with Gasteiger partial charge >= 0.3 is 14.4 Å². The smallest absolute Gasteiger partial charge is 0.422 e. The molecular formula is C19H27NO6Si. The summed E-state index contributed by atoms with van der Waals surface area (Å²) in [6.07, 6.45) is 0.622. The average Bonchev–Trinajstić information content (AvgIpc) is 2.65. The first-order chi connectivity index (χ1) is 13.0. The predicted molar refractivity (Wildman–Crippen MR) is 105 cm³/mol. The predicted octanol–water partition coefficient (Wildman–Crippen LogP) is 2.96. The maximum atomic E-state index is 12.4. The van der Waals surface area contributed by atoms with Crippen LogP contribution in [0.3, 0.4) is 0 Å². The fraction of sp³-hybridized carbons (Fsp3) is 0.474. The Morgan fingerprint density at radius 1 is 1.07 bits per heavy atom. The first-order valence-corrected chi connectivity index (χ1v) is 11.2. The highest BCUT2D eigenvalue weighted by Crippen LogP contribution is 2.18. The third-order valence-electron chi connectivity index (χ3n) is 3.92. The molecular weight excluding hydrogens is 366 g/mol. The number of para-hydroxylation sites is 1. The van der Waals surface area contributed by atoms with Crippen molar-refractivity contribution < 1.29 is 22.5 Å². The zero-order chi connectivity index (χ0) is 19.7. The second-order valence-electron chi connectivity index (χ2n) is 5.83. The first kappa shape index (κ1) is 21.3. The Morgan fingerprint density at radius 2 is 1.70 bits per heavy atom. The highest BCUT2D eigenvalue weighted by molar-refractivity contribution is 6.60. The molecule has 0 atom stereocenters. The standard InChI is InChI=1S/C19H27NO6Si/c1-4-23-27(24-5-2,25-6-3)13-9-12-20-18(21)16-14-15-10-7-8-11-17(15)26-19(16)22/h7-8,10-11,14H,4-6,9,12-13H2,1-3H3,(H,20,21). The number of hydrogen-bond acceptors (Lipinski definition) is 6. The molecule has 0 fully saturated rings. The van der Waals surface area contributed by atoms with Gasteiger partial charge in [0.15, 0.2) is 0 Å². The summed E-state index contributed by atoms with van der Waals surface area (Å²) < 4.78 is 22.6. The molecule has 0 saturated heterocycles. The van der Waals surface area contributed by atoms with Gasteiger partial charge in [-0.1, -0.05) is 18.2 Å². The van der Waals surface area contributed by atoms with Crippen molar-refractivity contribution >= 4 is 25.7 Å². The molecule has 0 aliphatic carbocycles. The normalized spacial score (nSPS) is 11.7. The second kappa shape index (κ2) is 10.4. The maximum Gasteiger partial charge on any atom is 0.500 e. The van der Waals surface area contributed by atoms with Gasteiger partial charge in [0.2, 0.25) is 0 Å². The zero-order valence-electron chi connectivity index (χ0n) is 16.1. The van der Waals surface area contributed by atoms with Gasteiger partial charge in [-0.05, 0) is 39.3 Å². The summed E-state index contributed by atoms with van der Waals surface area (Å²) in [6, 6.07) is 9.23. The van der Waals surface area contributed by atoms with Gasteiger partial charge in [-0.25, -0.2) is 4.79 Å². The van der Waals surface area contributed by atoms with Crippen molar-refractivity contribution in [2.24, 2.45) is 0 Å². The maximum absolute atomic E-state index is 12.4. The van der Waals surface area contributed by atoms with Crippen LogP contribution in [-0.2, 0) is 13.3 Å². The van der Waals surface area contributed by atoms with Gasteiger partial charge in [0.05, 0.1) is 0 Å². The number of fused-ring (bicyclic) bond motifs is 1. The van der Waals surface area contributed by atoms with E-state index in [1.54, 1.807) is 24.3 Å². The molecule has 1 aromatic carbocycles. The number of carbonyl (C=O) groups is 1. The molecule has 1 amide bonds. The molecule has 0 aliphatic heterocycles. The Labute approximate surface area is 160 Å². The van der Waals surface area contributed by atoms with Crippen LogP contribution in [0.2, 0.25) is 6.04 Å². The summed E-state index contributed by atoms with van der Waals surface area (Å²) in [5.74, 6) is -0.453. The van der Waals surface area contributed by atoms with E-state index in [4.69, 9.17) is 17.7 Å². The summed E-state index contributed by atoms with van der Waals surface area (Å²) >= 11 is 0. The largest absolute Gasteiger partial charge is 0.500 e. The van der Waals surface area contributed by atoms with Gasteiger partial charge in [-0.3, -0.25) is 4.79 Å². The van der Waals surface area contributed by atoms with Crippen LogP contribution in [0.1, 0.15) is 37.6 Å². The molecule has 0 unspecified atom stereocenters. The highest BCUT2D eigenvalue weighted by atomic mass is 28.4. The lowest BCUT2D eigenvalue weighted by atomic mass is 10.2. The van der Waals surface area contributed by atoms with Gasteiger partial charge in [0.1, 0.15) is 11.1 Å². The molecule has 2 rings (SSSR count). The third-order valence-corrected chi connectivity index (χ3v) is 7.08. The summed E-state index contributed by atoms with van der Waals surface area (Å²) in [5, 5.41) is 3.47. The van der Waals surface area contributed by atoms with E-state index in [2.05, 4.69) is 5.32 Å². The summed E-state index contributed by atoms with van der Waals surface area (Å²) in [5.41, 5.74) is -0.190. The minimum Gasteiger partial charge on any atom is -0.422 e. The van der Waals surface area contributed by atoms with Crippen molar-refractivity contribution in [2.75, 3.05) is 26.4 Å². The number of nitrogens with one attached hydrogen (secondary N) is 1. The van der Waals surface area contributed by atoms with Crippen LogP contribution in [0, 0.1) is 0 Å². The van der Waals surface area contributed by atoms with Crippen LogP contribution in [0.4, 0.5) is 0 Å². The highest BCUT2D eigenvalue weighted by Gasteiger charge is 2.39. The molecule has 1 aromatic heterocycles. The van der Waals surface area contributed by atoms with Gasteiger partial charge in [0.25, 0.3) is 5.91 Å². The number of amides is 1. The molecule has 0 saturated carbocycles. The molecule has 7 nitrogen and oxygen atoms in total. The molecule has 1 heterocycles. The van der Waals surface area contributed by atoms with E-state index in [-0.39, 0.29) is 5.56 Å². The van der Waals surface area contributed by atoms with E-state index < -0.39 is 20.3 Å². The van der Waals surface area contributed by atoms with E-state index in [9.17, 15) is 9.59 Å². The minimum absolute atomic E-state index is 0.00312. The van der Waals surface area contributed by atoms with E-state index in [1.807, 2.05) is 26.8 Å². The minimum atomic E-state index is -2.73. The molecule has 8 heteroatoms. The quantitative estimate of drug-likeness (QED) is 0.359. The van der Waals surface area contributed by atoms with E-state index >= 15 is 0 Å². The van der Waals surface area contributed by atoms with Crippen molar-refractivity contribution in [3.8, 4) is 0 Å². The number of hydrogen-bond donors (Lipinski definition) is 1. The summed E-state index contributed by atoms with van der Waals surface area (Å²) in [6.45, 7) is 7.62. The van der Waals surface area contributed by atoms with E-state index in [0.29, 0.717) is 49.8 Å². The van der Waals surface area contributed by atoms with Gasteiger partial charge in [-0.15, -0.1) is 0 Å². The van der Waals surface area contributed by atoms with Crippen LogP contribution in [0.25, 0.3) is 11.0 Å². The molecule has 2 aromatic rings. The van der Waals surface area contributed by atoms with Crippen LogP contribution >= 0.6 is 0 Å². The second-order valence-corrected chi connectivity index (χ2v) is 8.56. The van der Waals surface area contributed by atoms with Gasteiger partial charge in [-0.2, -0.15) is 0 Å². The molecule has 148 valence electrons. The third kappa shape index (κ3) is 5.73. The zero-order valence-corrected chi connectivity index (χ0v) is 17.1. The molecule has 0 bridgehead atoms. The van der Waals surface area contributed by atoms with Crippen molar-refractivity contribution in [1.82, 2.24) is 5.32 Å². The first-order valence-electron chi connectivity index (χ1n) is 9.28. The van der Waals surface area contributed by atoms with Crippen molar-refractivity contribution in [1.29, 1.82) is 0 Å². The van der Waals surface area contributed by atoms with Crippen LogP contribution in [0.5, 0.6) is 0 Å². The Morgan fingerprint density at radius 3 is 2.33 bits per heavy atom. The van der Waals surface area contributed by atoms with Crippen molar-refractivity contribution in [2.45, 2.75) is 33.2 Å². The van der Waals surface area contributed by atoms with E-state index in [1.165, 1.54) is 0 Å². The average molecular weight is 394 g/mol. The lowest BCUT2D eigenvalue weighted by molar-refractivity contribution is 0.0704. The number of benzene rings is 1. The Balaban J connectivity index is 1.97. The molecule has 0 spiro atoms. The van der Waals surface area contributed by atoms with Crippen LogP contribution in [0.15, 0.2) is 39.5 Å². The van der Waals surface area contributed by atoms with Gasteiger partial charge < -0.3 is 23.0 Å². The van der Waals surface area contributed by atoms with Crippen LogP contribution < -0.4 is 10.9 Å². The Hall–Kier alpha value is -2.00. The van der Waals surface area contributed by atoms with Crippen molar-refractivity contribution in [3.63, 3.8) is 0 Å². The fourth-order valence-corrected chi connectivity index (χ4v) is 5.44. The SMILES string of the molecule is CCO[Si](CCCNC(=O)c1cc2ccccc2oc1=O)(OCC)OCC. The van der Waals surface area contributed by atoms with E-state index in [0.717, 1.165) is 0 Å². The monoisotopic (exact) mass is 393 g/mol. The lowest BCUT2D eigenvalue weighted by Crippen LogP contribution is -2.46. The summed E-state index contributed by atoms with van der Waals surface area (Å²) in [7, 11) is -2.73. The fourth-order valence-electron chi connectivity index (χ4n) is 2.82. The Bertz CT molecular complexity index is 789. The Kier molecular flexibility index (Phi) is 8.17. The summed E-state index contributed by atoms with van der Waals surface area (Å²) in [4.78, 5) is 24.4. The number of carbonyl (C=O) groups excluding carboxylic acids is 1. The lowest BCUT2D eigenvalue weighted by Gasteiger charge is -2.28. The number of rotatable bonds is 11. The van der Waals surface area contributed by atoms with Crippen molar-refractivity contribution in [3.05, 3.63) is 46.3 Å². The molecule has 0 radical (unpaired) electrons. The topological polar surface area (TPSA) is 87.0 Å². The molecule has 27 heavy (non-hydrogen) atoms. The molecule has 1 N–H and O–H groups in total. The van der Waals surface area contributed by atoms with Crippen LogP contribution in [-0.4, -0.2) is 41.1 Å². The van der Waals surface area contributed by atoms with Gasteiger partial charge in [0, 0.05) is 37.8 Å².